The molecule has 5 aliphatic heterocycles. The van der Waals surface area contributed by atoms with Crippen LogP contribution in [0.3, 0.4) is 0 Å². The first-order valence-corrected chi connectivity index (χ1v) is 32.9. The summed E-state index contributed by atoms with van der Waals surface area (Å²) in [6, 6.07) is 17.5. The van der Waals surface area contributed by atoms with E-state index in [-0.39, 0.29) is 84.5 Å². The van der Waals surface area contributed by atoms with Gasteiger partial charge in [-0.2, -0.15) is 9.97 Å². The van der Waals surface area contributed by atoms with Crippen molar-refractivity contribution >= 4 is 62.6 Å². The number of rotatable bonds is 17. The number of thiazole rings is 1. The Hall–Kier alpha value is -7.53. The molecule has 6 atom stereocenters. The molecule has 3 amide bonds. The normalized spacial score (nSPS) is 21.4. The third-order valence-corrected chi connectivity index (χ3v) is 20.1. The van der Waals surface area contributed by atoms with E-state index in [0.29, 0.717) is 106 Å². The predicted molar refractivity (Wildman–Crippen MR) is 343 cm³/mol. The van der Waals surface area contributed by atoms with E-state index in [0.717, 1.165) is 63.7 Å². The van der Waals surface area contributed by atoms with E-state index in [4.69, 9.17) is 28.9 Å². The number of phenolic OH excluding ortho intramolecular Hbond substituents is 1. The highest BCUT2D eigenvalue weighted by molar-refractivity contribution is 7.13. The Bertz CT molecular complexity index is 3750. The second-order valence-electron chi connectivity index (χ2n) is 26.9. The minimum absolute atomic E-state index is 0.00455. The molecule has 90 heavy (non-hydrogen) atoms. The Morgan fingerprint density at radius 2 is 1.66 bits per heavy atom. The molecule has 2 unspecified atom stereocenters. The summed E-state index contributed by atoms with van der Waals surface area (Å²) in [5, 5.41) is 43.3. The average Bonchev–Trinajstić information content (AvgIpc) is 0.953. The lowest BCUT2D eigenvalue weighted by molar-refractivity contribution is -0.141. The van der Waals surface area contributed by atoms with Crippen molar-refractivity contribution in [3.05, 3.63) is 101 Å². The maximum Gasteiger partial charge on any atom is 0.410 e. The maximum atomic E-state index is 17.4. The molecular formula is C68H84FN11O9S. The Kier molecular flexibility index (Phi) is 17.8. The number of carbonyl (C=O) groups excluding carboxylic acids is 3. The van der Waals surface area contributed by atoms with Gasteiger partial charge in [0.05, 0.1) is 51.3 Å². The van der Waals surface area contributed by atoms with Gasteiger partial charge in [0.25, 0.3) is 0 Å². The van der Waals surface area contributed by atoms with Crippen LogP contribution in [0.4, 0.5) is 20.8 Å². The number of piperidine rings is 2. The molecule has 2 bridgehead atoms. The van der Waals surface area contributed by atoms with E-state index in [1.165, 1.54) is 4.90 Å². The zero-order valence-corrected chi connectivity index (χ0v) is 53.6. The number of aliphatic hydroxyl groups excluding tert-OH is 1. The molecule has 5 aliphatic rings. The zero-order chi connectivity index (χ0) is 63.3. The van der Waals surface area contributed by atoms with Crippen LogP contribution >= 0.6 is 11.3 Å². The quantitative estimate of drug-likeness (QED) is 0.0663. The summed E-state index contributed by atoms with van der Waals surface area (Å²) < 4.78 is 35.6. The fourth-order valence-corrected chi connectivity index (χ4v) is 15.2. The standard InChI is InChI=1S/C68H84FN11O9S/c1-9-43-11-10-12-46-29-49(81)30-51(57(43)46)59-58(69)60-52(34-70-59)62(78-35-47-17-18-48(36-78)80(47)66(85)88-67(6,7)8)74-65(73-60)87-28-27-76-25-21-68(86,22-26-76)33-42-19-23-77(24-20-42)55-32-54(89-75-55)56(39(2)3)64(84)79-37-50(82)31-53(79)63(83)72-40(4)44-13-15-45(16-14-44)61-41(5)71-38-90-61/h10-16,29-30,32,34,38-40,42,47-48,50,53,56,81-82,86H,9,17-28,31,33,35-37H2,1-8H3,(H,72,83)/t40-,47?,48?,50+,53-,56+/m0/s1. The number of nitrogens with zero attached hydrogens (tertiary/aromatic N) is 10. The van der Waals surface area contributed by atoms with Gasteiger partial charge in [0.2, 0.25) is 11.8 Å². The highest BCUT2D eigenvalue weighted by atomic mass is 32.1. The van der Waals surface area contributed by atoms with Crippen LogP contribution in [0.5, 0.6) is 11.8 Å². The largest absolute Gasteiger partial charge is 0.508 e. The molecule has 3 aromatic carbocycles. The molecular weight excluding hydrogens is 1170 g/mol. The Balaban J connectivity index is 0.659. The third-order valence-electron chi connectivity index (χ3n) is 19.1. The molecule has 0 spiro atoms. The van der Waals surface area contributed by atoms with Crippen molar-refractivity contribution in [3.8, 4) is 33.5 Å². The van der Waals surface area contributed by atoms with Crippen LogP contribution in [0.1, 0.15) is 134 Å². The lowest BCUT2D eigenvalue weighted by Gasteiger charge is -2.42. The van der Waals surface area contributed by atoms with E-state index < -0.39 is 35.1 Å². The van der Waals surface area contributed by atoms with Gasteiger partial charge < -0.3 is 49.3 Å². The lowest BCUT2D eigenvalue weighted by atomic mass is 9.79. The van der Waals surface area contributed by atoms with E-state index in [1.807, 2.05) is 114 Å². The number of hydrogen-bond acceptors (Lipinski definition) is 18. The van der Waals surface area contributed by atoms with Crippen LogP contribution in [0.15, 0.2) is 76.9 Å². The highest BCUT2D eigenvalue weighted by Gasteiger charge is 2.47. The molecule has 4 N–H and O–H groups in total. The van der Waals surface area contributed by atoms with Gasteiger partial charge in [0, 0.05) is 76.6 Å². The molecule has 20 nitrogen and oxygen atoms in total. The van der Waals surface area contributed by atoms with Crippen LogP contribution in [0.2, 0.25) is 0 Å². The van der Waals surface area contributed by atoms with Crippen molar-refractivity contribution in [2.24, 2.45) is 11.8 Å². The summed E-state index contributed by atoms with van der Waals surface area (Å²) in [7, 11) is 0. The van der Waals surface area contributed by atoms with E-state index in [1.54, 1.807) is 29.7 Å². The summed E-state index contributed by atoms with van der Waals surface area (Å²) in [5.74, 6) is -0.344. The molecule has 0 aliphatic carbocycles. The molecule has 12 rings (SSSR count). The molecule has 5 saturated heterocycles. The number of nitrogens with one attached hydrogen (secondary N) is 1. The lowest BCUT2D eigenvalue weighted by Crippen LogP contribution is -2.57. The molecule has 4 aromatic heterocycles. The predicted octanol–water partition coefficient (Wildman–Crippen LogP) is 10.4. The molecule has 9 heterocycles. The van der Waals surface area contributed by atoms with E-state index >= 15 is 4.39 Å². The maximum absolute atomic E-state index is 17.4. The number of aryl methyl sites for hydroxylation is 2. The second kappa shape index (κ2) is 25.6. The highest BCUT2D eigenvalue weighted by Crippen LogP contribution is 2.42. The number of carbonyl (C=O) groups is 3. The molecule has 5 fully saturated rings. The summed E-state index contributed by atoms with van der Waals surface area (Å²) >= 11 is 1.58. The Labute approximate surface area is 528 Å². The van der Waals surface area contributed by atoms with Gasteiger partial charge in [-0.15, -0.1) is 11.3 Å². The number of halogens is 1. The molecule has 0 radical (unpaired) electrons. The van der Waals surface area contributed by atoms with Gasteiger partial charge in [0.1, 0.15) is 46.9 Å². The fraction of sp³-hybridized carbons (Fsp3) is 0.529. The molecule has 22 heteroatoms. The number of hydrogen-bond donors (Lipinski definition) is 4. The first-order valence-electron chi connectivity index (χ1n) is 32.1. The minimum Gasteiger partial charge on any atom is -0.508 e. The summed E-state index contributed by atoms with van der Waals surface area (Å²) in [5.41, 5.74) is 4.86. The Morgan fingerprint density at radius 1 is 0.922 bits per heavy atom. The van der Waals surface area contributed by atoms with Crippen LogP contribution in [0.25, 0.3) is 43.4 Å². The van der Waals surface area contributed by atoms with Gasteiger partial charge in [-0.3, -0.25) is 24.4 Å². The molecule has 0 saturated carbocycles. The first-order chi connectivity index (χ1) is 43.1. The third kappa shape index (κ3) is 13.0. The smallest absolute Gasteiger partial charge is 0.410 e. The summed E-state index contributed by atoms with van der Waals surface area (Å²) in [4.78, 5) is 71.6. The number of aliphatic hydroxyl groups is 2. The van der Waals surface area contributed by atoms with Gasteiger partial charge in [-0.1, -0.05) is 68.4 Å². The number of aromatic hydroxyl groups is 1. The van der Waals surface area contributed by atoms with Crippen molar-refractivity contribution in [3.63, 3.8) is 0 Å². The number of aromatic nitrogens is 5. The number of β-amino-alcohol motifs (C(OH)–C–C–N with tert-alkyl or cyclic N) is 1. The van der Waals surface area contributed by atoms with Crippen molar-refractivity contribution < 1.29 is 48.1 Å². The summed E-state index contributed by atoms with van der Waals surface area (Å²) in [6.07, 6.45) is 6.40. The van der Waals surface area contributed by atoms with Crippen molar-refractivity contribution in [1.82, 2.24) is 45.1 Å². The van der Waals surface area contributed by atoms with Crippen molar-refractivity contribution in [2.45, 2.75) is 161 Å². The fourth-order valence-electron chi connectivity index (χ4n) is 14.4. The van der Waals surface area contributed by atoms with Crippen LogP contribution in [-0.4, -0.2) is 167 Å². The van der Waals surface area contributed by atoms with Crippen molar-refractivity contribution in [1.29, 1.82) is 0 Å². The van der Waals surface area contributed by atoms with Crippen LogP contribution in [-0.2, 0) is 20.7 Å². The number of likely N-dealkylation sites (tertiary alicyclic amines) is 2. The van der Waals surface area contributed by atoms with Crippen LogP contribution < -0.4 is 19.9 Å². The van der Waals surface area contributed by atoms with E-state index in [9.17, 15) is 29.7 Å². The number of anilines is 2. The molecule has 7 aromatic rings. The number of ether oxygens (including phenoxy) is 2. The topological polar surface area (TPSA) is 236 Å². The molecule has 478 valence electrons. The minimum atomic E-state index is -0.847. The Morgan fingerprint density at radius 3 is 2.33 bits per heavy atom. The van der Waals surface area contributed by atoms with Gasteiger partial charge in [0.15, 0.2) is 17.4 Å². The van der Waals surface area contributed by atoms with Crippen LogP contribution in [0, 0.1) is 24.6 Å². The first kappa shape index (κ1) is 62.7. The van der Waals surface area contributed by atoms with Gasteiger partial charge >= 0.3 is 12.1 Å². The SMILES string of the molecule is CCc1cccc2cc(O)cc(-c3ncc4c(N5CC6CCC(C5)N6C(=O)OC(C)(C)C)nc(OCCN5CCC(O)(CC6CCN(c7cc([C@H](C(=O)N8C[C@H](O)C[C@H]8C(=O)N[C@@H](C)c8ccc(-c9scnc9C)cc8)C(C)C)on7)CC6)CC5)nc4c3F)c12. The number of piperazine rings is 1. The van der Waals surface area contributed by atoms with Gasteiger partial charge in [-0.05, 0) is 137 Å². The monoisotopic (exact) mass is 1250 g/mol. The number of amides is 3. The van der Waals surface area contributed by atoms with Crippen molar-refractivity contribution in [2.75, 3.05) is 68.8 Å². The zero-order valence-electron chi connectivity index (χ0n) is 52.8. The summed E-state index contributed by atoms with van der Waals surface area (Å²) in [6.45, 7) is 19.8. The second-order valence-corrected chi connectivity index (χ2v) is 27.8. The number of benzene rings is 3. The number of fused-ring (bicyclic) bond motifs is 4. The average molecular weight is 1250 g/mol. The number of pyridine rings is 1. The van der Waals surface area contributed by atoms with E-state index in [2.05, 4.69) is 30.2 Å². The van der Waals surface area contributed by atoms with Gasteiger partial charge in [-0.25, -0.2) is 14.2 Å². The number of phenols is 1.